The van der Waals surface area contributed by atoms with Crippen LogP contribution in [0, 0.1) is 6.92 Å². The molecule has 0 radical (unpaired) electrons. The number of hydrogen-bond donors (Lipinski definition) is 2. The van der Waals surface area contributed by atoms with Gasteiger partial charge in [-0.1, -0.05) is 30.3 Å². The lowest BCUT2D eigenvalue weighted by molar-refractivity contribution is -0.122. The summed E-state index contributed by atoms with van der Waals surface area (Å²) < 4.78 is 2.07. The summed E-state index contributed by atoms with van der Waals surface area (Å²) >= 11 is 0. The van der Waals surface area contributed by atoms with Gasteiger partial charge in [-0.2, -0.15) is 5.10 Å². The average molecular weight is 367 g/mol. The molecular formula is C20H25N5O2. The van der Waals surface area contributed by atoms with Crippen molar-refractivity contribution in [2.75, 3.05) is 13.1 Å². The van der Waals surface area contributed by atoms with Crippen molar-refractivity contribution in [1.82, 2.24) is 24.6 Å². The minimum absolute atomic E-state index is 0.250. The first-order valence-electron chi connectivity index (χ1n) is 9.03. The van der Waals surface area contributed by atoms with Gasteiger partial charge in [0, 0.05) is 55.3 Å². The highest BCUT2D eigenvalue weighted by Crippen LogP contribution is 2.28. The Bertz CT molecular complexity index is 885. The number of hydrogen-bond acceptors (Lipinski definition) is 4. The van der Waals surface area contributed by atoms with Gasteiger partial charge in [0.05, 0.1) is 12.2 Å². The Morgan fingerprint density at radius 3 is 2.59 bits per heavy atom. The van der Waals surface area contributed by atoms with E-state index in [1.807, 2.05) is 13.1 Å². The van der Waals surface area contributed by atoms with Crippen molar-refractivity contribution in [2.24, 2.45) is 7.05 Å². The lowest BCUT2D eigenvalue weighted by Gasteiger charge is -2.18. The highest BCUT2D eigenvalue weighted by atomic mass is 16.3. The summed E-state index contributed by atoms with van der Waals surface area (Å²) in [4.78, 5) is 18.6. The van der Waals surface area contributed by atoms with E-state index in [0.717, 1.165) is 49.7 Å². The van der Waals surface area contributed by atoms with Crippen LogP contribution in [0.2, 0.25) is 0 Å². The lowest BCUT2D eigenvalue weighted by Crippen LogP contribution is -2.26. The predicted molar refractivity (Wildman–Crippen MR) is 103 cm³/mol. The summed E-state index contributed by atoms with van der Waals surface area (Å²) in [5.41, 5.74) is 6.25. The molecule has 0 saturated carbocycles. The van der Waals surface area contributed by atoms with Gasteiger partial charge in [-0.3, -0.25) is 14.4 Å². The number of aromatic nitrogens is 4. The predicted octanol–water partition coefficient (Wildman–Crippen LogP) is 2.42. The molecule has 0 bridgehead atoms. The van der Waals surface area contributed by atoms with Crippen LogP contribution in [-0.4, -0.2) is 49.3 Å². The molecule has 0 aliphatic carbocycles. The molecule has 3 aromatic rings. The number of H-pyrrole nitrogens is 1. The van der Waals surface area contributed by atoms with Crippen molar-refractivity contribution in [1.29, 1.82) is 0 Å². The average Bonchev–Trinajstić information content (AvgIpc) is 3.13. The summed E-state index contributed by atoms with van der Waals surface area (Å²) in [6.45, 7) is 4.77. The number of carbonyl (C=O) groups is 1. The molecule has 1 aliphatic rings. The monoisotopic (exact) mass is 367 g/mol. The molecule has 142 valence electrons. The first kappa shape index (κ1) is 18.8. The van der Waals surface area contributed by atoms with Crippen LogP contribution in [0.4, 0.5) is 0 Å². The van der Waals surface area contributed by atoms with E-state index < -0.39 is 0 Å². The second kappa shape index (κ2) is 8.64. The molecule has 0 spiro atoms. The lowest BCUT2D eigenvalue weighted by atomic mass is 10.0. The molecule has 3 heterocycles. The number of nitrogens with zero attached hydrogens (tertiary/aromatic N) is 4. The van der Waals surface area contributed by atoms with E-state index in [-0.39, 0.29) is 6.47 Å². The van der Waals surface area contributed by atoms with Gasteiger partial charge in [0.25, 0.3) is 6.47 Å². The summed E-state index contributed by atoms with van der Waals surface area (Å²) in [5, 5.41) is 11.7. The number of aryl methyl sites for hydroxylation is 2. The smallest absolute Gasteiger partial charge is 0.290 e. The van der Waals surface area contributed by atoms with E-state index in [2.05, 4.69) is 56.9 Å². The van der Waals surface area contributed by atoms with Crippen LogP contribution in [0.5, 0.6) is 0 Å². The zero-order valence-electron chi connectivity index (χ0n) is 15.7. The minimum atomic E-state index is -0.250. The van der Waals surface area contributed by atoms with Gasteiger partial charge in [0.15, 0.2) is 0 Å². The third kappa shape index (κ3) is 4.43. The molecule has 7 nitrogen and oxygen atoms in total. The highest BCUT2D eigenvalue weighted by molar-refractivity contribution is 5.64. The number of fused-ring (bicyclic) bond motifs is 1. The normalized spacial score (nSPS) is 14.0. The van der Waals surface area contributed by atoms with Crippen molar-refractivity contribution in [3.05, 3.63) is 59.3 Å². The number of imidazole rings is 1. The maximum Gasteiger partial charge on any atom is 0.290 e. The molecule has 1 aromatic carbocycles. The fourth-order valence-corrected chi connectivity index (χ4v) is 3.57. The molecule has 0 atom stereocenters. The van der Waals surface area contributed by atoms with Crippen LogP contribution in [0.15, 0.2) is 36.5 Å². The van der Waals surface area contributed by atoms with Crippen molar-refractivity contribution in [3.8, 4) is 11.3 Å². The molecule has 2 aromatic heterocycles. The summed E-state index contributed by atoms with van der Waals surface area (Å²) in [6, 6.07) is 10.5. The van der Waals surface area contributed by atoms with Gasteiger partial charge in [0.1, 0.15) is 5.82 Å². The van der Waals surface area contributed by atoms with Gasteiger partial charge in [-0.25, -0.2) is 4.98 Å². The molecule has 0 saturated heterocycles. The van der Waals surface area contributed by atoms with Crippen molar-refractivity contribution in [3.63, 3.8) is 0 Å². The van der Waals surface area contributed by atoms with Gasteiger partial charge in [-0.15, -0.1) is 0 Å². The number of rotatable bonds is 3. The first-order chi connectivity index (χ1) is 13.1. The quantitative estimate of drug-likeness (QED) is 0.694. The zero-order chi connectivity index (χ0) is 19.2. The number of carboxylic acid groups (broad SMARTS) is 1. The number of nitrogens with one attached hydrogen (secondary N) is 1. The SMILES string of the molecule is Cc1cnc(CN2CCc3c(-c4ccccc4)nn(C)c3CC2)[nH]1.O=CO. The van der Waals surface area contributed by atoms with E-state index in [9.17, 15) is 0 Å². The van der Waals surface area contributed by atoms with Crippen LogP contribution < -0.4 is 0 Å². The first-order valence-corrected chi connectivity index (χ1v) is 9.03. The van der Waals surface area contributed by atoms with E-state index in [1.165, 1.54) is 16.8 Å². The topological polar surface area (TPSA) is 87.0 Å². The molecule has 0 unspecified atom stereocenters. The van der Waals surface area contributed by atoms with Gasteiger partial charge in [-0.05, 0) is 13.3 Å². The maximum atomic E-state index is 8.36. The number of aromatic amines is 1. The standard InChI is InChI=1S/C19H23N5.CH2O2/c1-14-12-20-18(21-14)13-24-10-8-16-17(9-11-24)23(2)22-19(16)15-6-4-3-5-7-15;2-1-3/h3-7,12H,8-11,13H2,1-2H3,(H,20,21);1H,(H,2,3). The molecule has 0 amide bonds. The van der Waals surface area contributed by atoms with Crippen LogP contribution in [0.3, 0.4) is 0 Å². The fourth-order valence-electron chi connectivity index (χ4n) is 3.57. The van der Waals surface area contributed by atoms with E-state index >= 15 is 0 Å². The number of benzene rings is 1. The van der Waals surface area contributed by atoms with Crippen molar-refractivity contribution >= 4 is 6.47 Å². The Kier molecular flexibility index (Phi) is 6.03. The van der Waals surface area contributed by atoms with E-state index in [0.29, 0.717) is 0 Å². The van der Waals surface area contributed by atoms with Gasteiger partial charge >= 0.3 is 0 Å². The molecule has 0 fully saturated rings. The Morgan fingerprint density at radius 1 is 1.22 bits per heavy atom. The summed E-state index contributed by atoms with van der Waals surface area (Å²) in [6.07, 6.45) is 3.97. The molecule has 7 heteroatoms. The highest BCUT2D eigenvalue weighted by Gasteiger charge is 2.22. The Morgan fingerprint density at radius 2 is 1.93 bits per heavy atom. The Hall–Kier alpha value is -2.93. The van der Waals surface area contributed by atoms with Crippen molar-refractivity contribution < 1.29 is 9.90 Å². The minimum Gasteiger partial charge on any atom is -0.483 e. The van der Waals surface area contributed by atoms with Gasteiger partial charge < -0.3 is 10.1 Å². The maximum absolute atomic E-state index is 8.36. The Balaban J connectivity index is 0.000000659. The van der Waals surface area contributed by atoms with Crippen LogP contribution >= 0.6 is 0 Å². The fraction of sp³-hybridized carbons (Fsp3) is 0.350. The van der Waals surface area contributed by atoms with Crippen LogP contribution in [0.1, 0.15) is 22.8 Å². The molecule has 2 N–H and O–H groups in total. The summed E-state index contributed by atoms with van der Waals surface area (Å²) in [5.74, 6) is 1.06. The second-order valence-corrected chi connectivity index (χ2v) is 6.66. The van der Waals surface area contributed by atoms with E-state index in [4.69, 9.17) is 15.0 Å². The van der Waals surface area contributed by atoms with Gasteiger partial charge in [0.2, 0.25) is 0 Å². The third-order valence-electron chi connectivity index (χ3n) is 4.79. The van der Waals surface area contributed by atoms with Crippen molar-refractivity contribution in [2.45, 2.75) is 26.3 Å². The second-order valence-electron chi connectivity index (χ2n) is 6.66. The summed E-state index contributed by atoms with van der Waals surface area (Å²) in [7, 11) is 2.07. The van der Waals surface area contributed by atoms with E-state index in [1.54, 1.807) is 0 Å². The molecule has 1 aliphatic heterocycles. The molecule has 4 rings (SSSR count). The molecular weight excluding hydrogens is 342 g/mol. The zero-order valence-corrected chi connectivity index (χ0v) is 15.7. The molecule has 27 heavy (non-hydrogen) atoms. The van der Waals surface area contributed by atoms with Crippen LogP contribution in [-0.2, 0) is 31.2 Å². The van der Waals surface area contributed by atoms with Crippen LogP contribution in [0.25, 0.3) is 11.3 Å². The largest absolute Gasteiger partial charge is 0.483 e. The Labute approximate surface area is 158 Å². The third-order valence-corrected chi connectivity index (χ3v) is 4.79.